The number of imidazole rings is 1. The van der Waals surface area contributed by atoms with Gasteiger partial charge in [-0.3, -0.25) is 4.79 Å². The van der Waals surface area contributed by atoms with E-state index in [0.29, 0.717) is 13.0 Å². The Bertz CT molecular complexity index is 592. The van der Waals surface area contributed by atoms with Crippen molar-refractivity contribution in [3.8, 4) is 0 Å². The van der Waals surface area contributed by atoms with E-state index in [1.54, 1.807) is 7.05 Å². The van der Waals surface area contributed by atoms with Crippen LogP contribution >= 0.6 is 0 Å². The minimum atomic E-state index is -0.282. The number of benzene rings is 1. The van der Waals surface area contributed by atoms with Crippen molar-refractivity contribution in [2.24, 2.45) is 0 Å². The lowest BCUT2D eigenvalue weighted by atomic mass is 10.2. The van der Waals surface area contributed by atoms with Crippen molar-refractivity contribution in [2.45, 2.75) is 32.9 Å². The highest BCUT2D eigenvalue weighted by Gasteiger charge is 2.18. The molecule has 108 valence electrons. The first-order chi connectivity index (χ1) is 9.67. The number of carbonyl (C=O) groups is 1. The molecular formula is C15H21N3O2. The van der Waals surface area contributed by atoms with E-state index in [-0.39, 0.29) is 12.0 Å². The van der Waals surface area contributed by atoms with Gasteiger partial charge < -0.3 is 14.6 Å². The van der Waals surface area contributed by atoms with E-state index in [1.807, 2.05) is 38.1 Å². The minimum absolute atomic E-state index is 0.197. The van der Waals surface area contributed by atoms with Crippen LogP contribution in [0.15, 0.2) is 24.3 Å². The summed E-state index contributed by atoms with van der Waals surface area (Å²) in [6, 6.07) is 7.75. The van der Waals surface area contributed by atoms with Crippen LogP contribution in [0.2, 0.25) is 0 Å². The molecule has 0 aliphatic heterocycles. The molecule has 0 saturated carbocycles. The first kappa shape index (κ1) is 14.5. The van der Waals surface area contributed by atoms with E-state index in [2.05, 4.69) is 14.9 Å². The molecule has 5 heteroatoms. The van der Waals surface area contributed by atoms with Crippen LogP contribution in [0.1, 0.15) is 19.2 Å². The third-order valence-corrected chi connectivity index (χ3v) is 3.41. The van der Waals surface area contributed by atoms with Crippen molar-refractivity contribution in [1.29, 1.82) is 0 Å². The Hall–Kier alpha value is -1.88. The number of esters is 1. The third kappa shape index (κ3) is 2.99. The molecule has 2 rings (SSSR count). The van der Waals surface area contributed by atoms with Gasteiger partial charge in [0, 0.05) is 6.54 Å². The van der Waals surface area contributed by atoms with Crippen molar-refractivity contribution in [2.75, 3.05) is 13.7 Å². The maximum absolute atomic E-state index is 11.8. The molecule has 0 fully saturated rings. The average molecular weight is 275 g/mol. The van der Waals surface area contributed by atoms with Gasteiger partial charge in [0.1, 0.15) is 11.9 Å². The van der Waals surface area contributed by atoms with E-state index in [1.165, 1.54) is 0 Å². The number of nitrogens with zero attached hydrogens (tertiary/aromatic N) is 2. The standard InChI is InChI=1S/C15H21N3O2/c1-4-20-15(19)13(16-3)9-10-18-11(2)17-12-7-5-6-8-14(12)18/h5-8,13,16H,4,9-10H2,1-3H3. The molecular weight excluding hydrogens is 254 g/mol. The molecule has 1 aromatic heterocycles. The fraction of sp³-hybridized carbons (Fsp3) is 0.467. The summed E-state index contributed by atoms with van der Waals surface area (Å²) in [6.45, 7) is 4.94. The van der Waals surface area contributed by atoms with Crippen molar-refractivity contribution >= 4 is 17.0 Å². The second kappa shape index (κ2) is 6.52. The number of fused-ring (bicyclic) bond motifs is 1. The van der Waals surface area contributed by atoms with E-state index >= 15 is 0 Å². The lowest BCUT2D eigenvalue weighted by molar-refractivity contribution is -0.145. The van der Waals surface area contributed by atoms with Crippen LogP contribution in [0.3, 0.4) is 0 Å². The summed E-state index contributed by atoms with van der Waals surface area (Å²) in [6.07, 6.45) is 0.677. The Balaban J connectivity index is 2.12. The average Bonchev–Trinajstić information content (AvgIpc) is 2.76. The summed E-state index contributed by atoms with van der Waals surface area (Å²) in [5.74, 6) is 0.766. The van der Waals surface area contributed by atoms with Gasteiger partial charge in [-0.2, -0.15) is 0 Å². The molecule has 2 aromatic rings. The molecule has 20 heavy (non-hydrogen) atoms. The quantitative estimate of drug-likeness (QED) is 0.818. The molecule has 5 nitrogen and oxygen atoms in total. The molecule has 1 atom stereocenters. The monoisotopic (exact) mass is 275 g/mol. The van der Waals surface area contributed by atoms with Crippen LogP contribution in [0.5, 0.6) is 0 Å². The van der Waals surface area contributed by atoms with Gasteiger partial charge in [-0.15, -0.1) is 0 Å². The number of likely N-dealkylation sites (N-methyl/N-ethyl adjacent to an activating group) is 1. The summed E-state index contributed by atoms with van der Waals surface area (Å²) < 4.78 is 7.19. The van der Waals surface area contributed by atoms with Crippen LogP contribution in [-0.2, 0) is 16.1 Å². The molecule has 1 heterocycles. The molecule has 1 N–H and O–H groups in total. The predicted octanol–water partition coefficient (Wildman–Crippen LogP) is 1.89. The van der Waals surface area contributed by atoms with E-state index in [9.17, 15) is 4.79 Å². The summed E-state index contributed by atoms with van der Waals surface area (Å²) in [4.78, 5) is 16.3. The van der Waals surface area contributed by atoms with Crippen LogP contribution in [0.25, 0.3) is 11.0 Å². The first-order valence-corrected chi connectivity index (χ1v) is 6.93. The number of aryl methyl sites for hydroxylation is 2. The third-order valence-electron chi connectivity index (χ3n) is 3.41. The number of hydrogen-bond acceptors (Lipinski definition) is 4. The smallest absolute Gasteiger partial charge is 0.323 e. The molecule has 1 aromatic carbocycles. The van der Waals surface area contributed by atoms with Crippen LogP contribution in [0.4, 0.5) is 0 Å². The highest BCUT2D eigenvalue weighted by Crippen LogP contribution is 2.16. The van der Waals surface area contributed by atoms with Gasteiger partial charge in [0.25, 0.3) is 0 Å². The van der Waals surface area contributed by atoms with Crippen LogP contribution < -0.4 is 5.32 Å². The summed E-state index contributed by atoms with van der Waals surface area (Å²) in [5.41, 5.74) is 2.09. The van der Waals surface area contributed by atoms with Crippen molar-refractivity contribution in [1.82, 2.24) is 14.9 Å². The number of aromatic nitrogens is 2. The molecule has 1 unspecified atom stereocenters. The SMILES string of the molecule is CCOC(=O)C(CCn1c(C)nc2ccccc21)NC. The number of carbonyl (C=O) groups excluding carboxylic acids is 1. The highest BCUT2D eigenvalue weighted by molar-refractivity contribution is 5.76. The first-order valence-electron chi connectivity index (χ1n) is 6.93. The van der Waals surface area contributed by atoms with Crippen LogP contribution in [0, 0.1) is 6.92 Å². The fourth-order valence-corrected chi connectivity index (χ4v) is 2.36. The zero-order valence-electron chi connectivity index (χ0n) is 12.2. The Kier molecular flexibility index (Phi) is 4.74. The minimum Gasteiger partial charge on any atom is -0.465 e. The summed E-state index contributed by atoms with van der Waals surface area (Å²) >= 11 is 0. The molecule has 0 aliphatic rings. The number of ether oxygens (including phenoxy) is 1. The second-order valence-electron chi connectivity index (χ2n) is 4.68. The largest absolute Gasteiger partial charge is 0.465 e. The van der Waals surface area contributed by atoms with Crippen molar-refractivity contribution in [3.05, 3.63) is 30.1 Å². The Morgan fingerprint density at radius 3 is 2.90 bits per heavy atom. The highest BCUT2D eigenvalue weighted by atomic mass is 16.5. The zero-order valence-corrected chi connectivity index (χ0v) is 12.2. The predicted molar refractivity (Wildman–Crippen MR) is 78.6 cm³/mol. The summed E-state index contributed by atoms with van der Waals surface area (Å²) in [5, 5.41) is 3.01. The number of nitrogens with one attached hydrogen (secondary N) is 1. The zero-order chi connectivity index (χ0) is 14.5. The Morgan fingerprint density at radius 1 is 1.45 bits per heavy atom. The molecule has 0 amide bonds. The number of hydrogen-bond donors (Lipinski definition) is 1. The molecule has 0 radical (unpaired) electrons. The van der Waals surface area contributed by atoms with E-state index in [4.69, 9.17) is 4.74 Å². The molecule has 0 spiro atoms. The van der Waals surface area contributed by atoms with Gasteiger partial charge in [0.15, 0.2) is 0 Å². The molecule has 0 aliphatic carbocycles. The van der Waals surface area contributed by atoms with Crippen molar-refractivity contribution < 1.29 is 9.53 Å². The fourth-order valence-electron chi connectivity index (χ4n) is 2.36. The van der Waals surface area contributed by atoms with Crippen molar-refractivity contribution in [3.63, 3.8) is 0 Å². The number of rotatable bonds is 6. The van der Waals surface area contributed by atoms with E-state index in [0.717, 1.165) is 23.4 Å². The second-order valence-corrected chi connectivity index (χ2v) is 4.68. The van der Waals surface area contributed by atoms with Gasteiger partial charge >= 0.3 is 5.97 Å². The maximum Gasteiger partial charge on any atom is 0.323 e. The van der Waals surface area contributed by atoms with Crippen LogP contribution in [-0.4, -0.2) is 35.2 Å². The maximum atomic E-state index is 11.8. The normalized spacial score (nSPS) is 12.6. The topological polar surface area (TPSA) is 56.2 Å². The molecule has 0 bridgehead atoms. The van der Waals surface area contributed by atoms with Gasteiger partial charge in [-0.1, -0.05) is 12.1 Å². The van der Waals surface area contributed by atoms with Gasteiger partial charge in [-0.05, 0) is 39.4 Å². The summed E-state index contributed by atoms with van der Waals surface area (Å²) in [7, 11) is 1.78. The lowest BCUT2D eigenvalue weighted by Gasteiger charge is -2.15. The Labute approximate surface area is 118 Å². The number of para-hydroxylation sites is 2. The van der Waals surface area contributed by atoms with Gasteiger partial charge in [0.05, 0.1) is 17.6 Å². The molecule has 0 saturated heterocycles. The Morgan fingerprint density at radius 2 is 2.20 bits per heavy atom. The van der Waals surface area contributed by atoms with E-state index < -0.39 is 0 Å². The van der Waals surface area contributed by atoms with Gasteiger partial charge in [-0.25, -0.2) is 4.98 Å². The lowest BCUT2D eigenvalue weighted by Crippen LogP contribution is -2.36. The van der Waals surface area contributed by atoms with Gasteiger partial charge in [0.2, 0.25) is 0 Å².